The van der Waals surface area contributed by atoms with Crippen LogP contribution < -0.4 is 20.5 Å². The molecule has 0 aromatic heterocycles. The normalized spacial score (nSPS) is 12.1. The Labute approximate surface area is 125 Å². The molecule has 1 aromatic carbocycles. The van der Waals surface area contributed by atoms with Crippen LogP contribution in [0.15, 0.2) is 12.1 Å². The molecule has 0 spiro atoms. The number of ether oxygens (including phenoxy) is 3. The van der Waals surface area contributed by atoms with Gasteiger partial charge in [-0.2, -0.15) is 0 Å². The lowest BCUT2D eigenvalue weighted by Gasteiger charge is -2.09. The number of nitrogens with two attached hydrogens (primary N) is 1. The van der Waals surface area contributed by atoms with Crippen molar-refractivity contribution in [2.24, 2.45) is 0 Å². The molecule has 0 radical (unpaired) electrons. The summed E-state index contributed by atoms with van der Waals surface area (Å²) in [4.78, 5) is 11.6. The van der Waals surface area contributed by atoms with Gasteiger partial charge in [-0.15, -0.1) is 12.4 Å². The summed E-state index contributed by atoms with van der Waals surface area (Å²) in [5.41, 5.74) is 6.47. The van der Waals surface area contributed by atoms with E-state index in [1.807, 2.05) is 0 Å². The number of anilines is 2. The molecule has 0 fully saturated rings. The molecule has 0 bridgehead atoms. The van der Waals surface area contributed by atoms with Crippen molar-refractivity contribution in [1.29, 1.82) is 0 Å². The summed E-state index contributed by atoms with van der Waals surface area (Å²) in [5, 5.41) is 2.56. The summed E-state index contributed by atoms with van der Waals surface area (Å²) in [7, 11) is 0. The second-order valence-electron chi connectivity index (χ2n) is 4.06. The molecule has 2 rings (SSSR count). The van der Waals surface area contributed by atoms with Crippen LogP contribution in [0.5, 0.6) is 11.5 Å². The van der Waals surface area contributed by atoms with Crippen LogP contribution in [0.1, 0.15) is 6.42 Å². The van der Waals surface area contributed by atoms with Gasteiger partial charge in [0.05, 0.1) is 24.4 Å². The number of rotatable bonds is 6. The van der Waals surface area contributed by atoms with E-state index in [0.717, 1.165) is 0 Å². The van der Waals surface area contributed by atoms with Crippen LogP contribution >= 0.6 is 12.4 Å². The minimum absolute atomic E-state index is 0. The highest BCUT2D eigenvalue weighted by molar-refractivity contribution is 5.94. The SMILES string of the molecule is Cl.Nc1cc2c(cc1NC(=O)CCOCC(F)F)OCO2. The maximum atomic E-state index is 11.8. The van der Waals surface area contributed by atoms with Crippen molar-refractivity contribution >= 4 is 29.7 Å². The van der Waals surface area contributed by atoms with Crippen LogP contribution in [-0.2, 0) is 9.53 Å². The number of nitrogens with one attached hydrogen (secondary N) is 1. The molecule has 118 valence electrons. The van der Waals surface area contributed by atoms with Crippen LogP contribution in [0.25, 0.3) is 0 Å². The summed E-state index contributed by atoms with van der Waals surface area (Å²) >= 11 is 0. The average molecular weight is 325 g/mol. The highest BCUT2D eigenvalue weighted by atomic mass is 35.5. The third kappa shape index (κ3) is 4.91. The van der Waals surface area contributed by atoms with Crippen LogP contribution in [0, 0.1) is 0 Å². The highest BCUT2D eigenvalue weighted by Gasteiger charge is 2.17. The Hall–Kier alpha value is -1.80. The first-order valence-electron chi connectivity index (χ1n) is 5.91. The Kier molecular flexibility index (Phi) is 6.44. The molecule has 0 saturated heterocycles. The summed E-state index contributed by atoms with van der Waals surface area (Å²) < 4.78 is 38.6. The average Bonchev–Trinajstić information content (AvgIpc) is 2.82. The minimum atomic E-state index is -2.54. The van der Waals surface area contributed by atoms with Gasteiger partial charge in [0.25, 0.3) is 6.43 Å². The van der Waals surface area contributed by atoms with Crippen molar-refractivity contribution in [2.75, 3.05) is 31.1 Å². The van der Waals surface area contributed by atoms with E-state index < -0.39 is 13.0 Å². The van der Waals surface area contributed by atoms with E-state index >= 15 is 0 Å². The van der Waals surface area contributed by atoms with Gasteiger partial charge in [0.15, 0.2) is 11.5 Å². The zero-order valence-electron chi connectivity index (χ0n) is 10.9. The lowest BCUT2D eigenvalue weighted by atomic mass is 10.2. The Morgan fingerprint density at radius 1 is 1.38 bits per heavy atom. The number of fused-ring (bicyclic) bond motifs is 1. The van der Waals surface area contributed by atoms with Gasteiger partial charge in [0.1, 0.15) is 6.61 Å². The molecule has 0 saturated carbocycles. The summed E-state index contributed by atoms with van der Waals surface area (Å²) in [5.74, 6) is 0.619. The number of hydrogen-bond acceptors (Lipinski definition) is 5. The molecule has 0 unspecified atom stereocenters. The fourth-order valence-electron chi connectivity index (χ4n) is 1.62. The number of alkyl halides is 2. The van der Waals surface area contributed by atoms with E-state index in [9.17, 15) is 13.6 Å². The quantitative estimate of drug-likeness (QED) is 0.618. The highest BCUT2D eigenvalue weighted by Crippen LogP contribution is 2.38. The zero-order chi connectivity index (χ0) is 14.5. The number of halogens is 3. The van der Waals surface area contributed by atoms with E-state index in [1.165, 1.54) is 0 Å². The number of benzene rings is 1. The molecule has 1 aliphatic rings. The first-order chi connectivity index (χ1) is 9.56. The van der Waals surface area contributed by atoms with Crippen LogP contribution in [0.2, 0.25) is 0 Å². The molecule has 1 aliphatic heterocycles. The van der Waals surface area contributed by atoms with E-state index in [4.69, 9.17) is 15.2 Å². The van der Waals surface area contributed by atoms with Gasteiger partial charge in [0.2, 0.25) is 12.7 Å². The number of hydrogen-bond donors (Lipinski definition) is 2. The van der Waals surface area contributed by atoms with Crippen LogP contribution in [0.4, 0.5) is 20.2 Å². The minimum Gasteiger partial charge on any atom is -0.454 e. The molecule has 6 nitrogen and oxygen atoms in total. The first kappa shape index (κ1) is 17.3. The van der Waals surface area contributed by atoms with Crippen LogP contribution in [0.3, 0.4) is 0 Å². The predicted molar refractivity (Wildman–Crippen MR) is 74.3 cm³/mol. The van der Waals surface area contributed by atoms with Crippen molar-refractivity contribution in [1.82, 2.24) is 0 Å². The van der Waals surface area contributed by atoms with Gasteiger partial charge in [-0.3, -0.25) is 4.79 Å². The number of amides is 1. The second-order valence-corrected chi connectivity index (χ2v) is 4.06. The summed E-state index contributed by atoms with van der Waals surface area (Å²) in [6.45, 7) is -0.659. The predicted octanol–water partition coefficient (Wildman–Crippen LogP) is 2.03. The number of nitrogen functional groups attached to an aromatic ring is 1. The largest absolute Gasteiger partial charge is 0.454 e. The van der Waals surface area contributed by atoms with Gasteiger partial charge < -0.3 is 25.3 Å². The molecular formula is C12H15ClF2N2O4. The van der Waals surface area contributed by atoms with Gasteiger partial charge in [-0.1, -0.05) is 0 Å². The van der Waals surface area contributed by atoms with E-state index in [1.54, 1.807) is 12.1 Å². The van der Waals surface area contributed by atoms with Gasteiger partial charge >= 0.3 is 0 Å². The molecule has 1 heterocycles. The molecule has 1 aromatic rings. The third-order valence-corrected chi connectivity index (χ3v) is 2.54. The lowest BCUT2D eigenvalue weighted by molar-refractivity contribution is -0.117. The lowest BCUT2D eigenvalue weighted by Crippen LogP contribution is -2.16. The van der Waals surface area contributed by atoms with Crippen molar-refractivity contribution in [3.8, 4) is 11.5 Å². The molecular weight excluding hydrogens is 310 g/mol. The Morgan fingerprint density at radius 2 is 2.05 bits per heavy atom. The van der Waals surface area contributed by atoms with Gasteiger partial charge in [0, 0.05) is 12.1 Å². The number of carbonyl (C=O) groups excluding carboxylic acids is 1. The molecule has 21 heavy (non-hydrogen) atoms. The fourth-order valence-corrected chi connectivity index (χ4v) is 1.62. The zero-order valence-corrected chi connectivity index (χ0v) is 11.8. The Balaban J connectivity index is 0.00000220. The van der Waals surface area contributed by atoms with Crippen LogP contribution in [-0.4, -0.2) is 32.3 Å². The smallest absolute Gasteiger partial charge is 0.261 e. The summed E-state index contributed by atoms with van der Waals surface area (Å²) in [6.07, 6.45) is -2.58. The molecule has 1 amide bonds. The van der Waals surface area contributed by atoms with E-state index in [2.05, 4.69) is 10.1 Å². The van der Waals surface area contributed by atoms with Crippen molar-refractivity contribution in [3.05, 3.63) is 12.1 Å². The molecule has 0 aliphatic carbocycles. The maximum absolute atomic E-state index is 11.8. The first-order valence-corrected chi connectivity index (χ1v) is 5.91. The second kappa shape index (κ2) is 7.84. The third-order valence-electron chi connectivity index (χ3n) is 2.54. The van der Waals surface area contributed by atoms with E-state index in [-0.39, 0.29) is 38.1 Å². The monoisotopic (exact) mass is 324 g/mol. The van der Waals surface area contributed by atoms with Crippen molar-refractivity contribution in [3.63, 3.8) is 0 Å². The standard InChI is InChI=1S/C12H14F2N2O4.ClH/c13-11(14)5-18-2-1-12(17)16-8-4-10-9(3-7(8)15)19-6-20-10;/h3-4,11H,1-2,5-6,15H2,(H,16,17);1H. The maximum Gasteiger partial charge on any atom is 0.261 e. The summed E-state index contributed by atoms with van der Waals surface area (Å²) in [6, 6.07) is 3.10. The Morgan fingerprint density at radius 3 is 2.71 bits per heavy atom. The Bertz CT molecular complexity index is 502. The molecule has 3 N–H and O–H groups in total. The molecule has 9 heteroatoms. The fraction of sp³-hybridized carbons (Fsp3) is 0.417. The van der Waals surface area contributed by atoms with Gasteiger partial charge in [-0.05, 0) is 0 Å². The molecule has 0 atom stereocenters. The van der Waals surface area contributed by atoms with Crippen molar-refractivity contribution < 1.29 is 27.8 Å². The van der Waals surface area contributed by atoms with Gasteiger partial charge in [-0.25, -0.2) is 8.78 Å². The van der Waals surface area contributed by atoms with E-state index in [0.29, 0.717) is 22.9 Å². The number of carbonyl (C=O) groups is 1. The topological polar surface area (TPSA) is 82.8 Å². The van der Waals surface area contributed by atoms with Crippen molar-refractivity contribution in [2.45, 2.75) is 12.8 Å².